The number of carbonyl (C=O) groups is 1. The van der Waals surface area contributed by atoms with Crippen molar-refractivity contribution in [2.24, 2.45) is 0 Å². The van der Waals surface area contributed by atoms with E-state index in [1.807, 2.05) is 5.38 Å². The van der Waals surface area contributed by atoms with E-state index >= 15 is 0 Å². The first kappa shape index (κ1) is 17.6. The van der Waals surface area contributed by atoms with E-state index in [0.29, 0.717) is 25.5 Å². The Hall–Kier alpha value is -2.84. The highest BCUT2D eigenvalue weighted by Gasteiger charge is 2.16. The van der Waals surface area contributed by atoms with Gasteiger partial charge in [0.2, 0.25) is 5.91 Å². The SMILES string of the molecule is O=C1CN(c2ccc(CNCc3csc(-c4ncccn4)n3)cc2)CCN1. The minimum absolute atomic E-state index is 0.0792. The van der Waals surface area contributed by atoms with Gasteiger partial charge in [0, 0.05) is 49.6 Å². The molecular weight excluding hydrogens is 360 g/mol. The Bertz CT molecular complexity index is 896. The number of hydrogen-bond donors (Lipinski definition) is 2. The van der Waals surface area contributed by atoms with Crippen molar-refractivity contribution in [2.45, 2.75) is 13.1 Å². The molecular formula is C19H20N6OS. The molecule has 0 unspecified atom stereocenters. The van der Waals surface area contributed by atoms with Crippen LogP contribution in [0.25, 0.3) is 10.8 Å². The Morgan fingerprint density at radius 2 is 1.96 bits per heavy atom. The van der Waals surface area contributed by atoms with E-state index in [0.717, 1.165) is 29.5 Å². The first-order chi connectivity index (χ1) is 13.3. The number of nitrogens with one attached hydrogen (secondary N) is 2. The third-order valence-corrected chi connectivity index (χ3v) is 5.17. The van der Waals surface area contributed by atoms with Crippen LogP contribution in [0.4, 0.5) is 5.69 Å². The van der Waals surface area contributed by atoms with Gasteiger partial charge in [-0.15, -0.1) is 11.3 Å². The van der Waals surface area contributed by atoms with Crippen LogP contribution in [0.2, 0.25) is 0 Å². The van der Waals surface area contributed by atoms with Gasteiger partial charge in [-0.3, -0.25) is 4.79 Å². The normalized spacial score (nSPS) is 14.2. The molecule has 0 bridgehead atoms. The lowest BCUT2D eigenvalue weighted by Crippen LogP contribution is -2.47. The van der Waals surface area contributed by atoms with E-state index in [4.69, 9.17) is 0 Å². The molecule has 1 aliphatic heterocycles. The first-order valence-corrected chi connectivity index (χ1v) is 9.69. The molecule has 3 heterocycles. The maximum absolute atomic E-state index is 11.5. The quantitative estimate of drug-likeness (QED) is 0.679. The van der Waals surface area contributed by atoms with Crippen molar-refractivity contribution in [3.8, 4) is 10.8 Å². The highest BCUT2D eigenvalue weighted by Crippen LogP contribution is 2.20. The zero-order valence-corrected chi connectivity index (χ0v) is 15.6. The first-order valence-electron chi connectivity index (χ1n) is 8.81. The summed E-state index contributed by atoms with van der Waals surface area (Å²) < 4.78 is 0. The molecule has 1 amide bonds. The second-order valence-corrected chi connectivity index (χ2v) is 7.12. The largest absolute Gasteiger partial charge is 0.360 e. The van der Waals surface area contributed by atoms with E-state index in [2.05, 4.69) is 54.8 Å². The third kappa shape index (κ3) is 4.47. The van der Waals surface area contributed by atoms with Crippen molar-refractivity contribution in [1.82, 2.24) is 25.6 Å². The van der Waals surface area contributed by atoms with Gasteiger partial charge < -0.3 is 15.5 Å². The molecule has 0 atom stereocenters. The molecule has 0 radical (unpaired) electrons. The number of aromatic nitrogens is 3. The number of amides is 1. The van der Waals surface area contributed by atoms with Crippen LogP contribution in [0.1, 0.15) is 11.3 Å². The summed E-state index contributed by atoms with van der Waals surface area (Å²) in [6.07, 6.45) is 3.45. The zero-order chi connectivity index (χ0) is 18.5. The van der Waals surface area contributed by atoms with Gasteiger partial charge in [0.05, 0.1) is 12.2 Å². The van der Waals surface area contributed by atoms with Gasteiger partial charge in [-0.2, -0.15) is 0 Å². The number of benzene rings is 1. The summed E-state index contributed by atoms with van der Waals surface area (Å²) in [6, 6.07) is 10.1. The monoisotopic (exact) mass is 380 g/mol. The Balaban J connectivity index is 1.29. The smallest absolute Gasteiger partial charge is 0.239 e. The Kier molecular flexibility index (Phi) is 5.36. The van der Waals surface area contributed by atoms with Gasteiger partial charge in [0.15, 0.2) is 10.8 Å². The topological polar surface area (TPSA) is 83.0 Å². The van der Waals surface area contributed by atoms with Crippen molar-refractivity contribution < 1.29 is 4.79 Å². The second-order valence-electron chi connectivity index (χ2n) is 6.26. The van der Waals surface area contributed by atoms with E-state index < -0.39 is 0 Å². The van der Waals surface area contributed by atoms with Crippen LogP contribution in [-0.2, 0) is 17.9 Å². The van der Waals surface area contributed by atoms with Crippen molar-refractivity contribution in [3.05, 3.63) is 59.4 Å². The van der Waals surface area contributed by atoms with Gasteiger partial charge in [0.1, 0.15) is 0 Å². The Morgan fingerprint density at radius 3 is 2.74 bits per heavy atom. The molecule has 0 spiro atoms. The Morgan fingerprint density at radius 1 is 1.15 bits per heavy atom. The third-order valence-electron chi connectivity index (χ3n) is 4.28. The molecule has 1 fully saturated rings. The van der Waals surface area contributed by atoms with Gasteiger partial charge in [-0.25, -0.2) is 15.0 Å². The molecule has 138 valence electrons. The Labute approximate surface area is 161 Å². The molecule has 1 saturated heterocycles. The maximum atomic E-state index is 11.5. The summed E-state index contributed by atoms with van der Waals surface area (Å²) in [5.74, 6) is 0.742. The van der Waals surface area contributed by atoms with Crippen LogP contribution >= 0.6 is 11.3 Å². The molecule has 2 aromatic heterocycles. The summed E-state index contributed by atoms with van der Waals surface area (Å²) in [7, 11) is 0. The fraction of sp³-hybridized carbons (Fsp3) is 0.263. The average molecular weight is 380 g/mol. The number of piperazine rings is 1. The molecule has 1 aromatic carbocycles. The summed E-state index contributed by atoms with van der Waals surface area (Å²) >= 11 is 1.55. The van der Waals surface area contributed by atoms with Crippen LogP contribution < -0.4 is 15.5 Å². The predicted molar refractivity (Wildman–Crippen MR) is 105 cm³/mol. The minimum atomic E-state index is 0.0792. The van der Waals surface area contributed by atoms with Gasteiger partial charge >= 0.3 is 0 Å². The van der Waals surface area contributed by atoms with Gasteiger partial charge in [-0.05, 0) is 23.8 Å². The van der Waals surface area contributed by atoms with Crippen molar-refractivity contribution in [3.63, 3.8) is 0 Å². The number of hydrogen-bond acceptors (Lipinski definition) is 7. The molecule has 3 aromatic rings. The number of anilines is 1. The van der Waals surface area contributed by atoms with Crippen LogP contribution in [0, 0.1) is 0 Å². The van der Waals surface area contributed by atoms with Crippen molar-refractivity contribution in [1.29, 1.82) is 0 Å². The fourth-order valence-corrected chi connectivity index (χ4v) is 3.68. The summed E-state index contributed by atoms with van der Waals surface area (Å²) in [6.45, 7) is 3.42. The number of carbonyl (C=O) groups excluding carboxylic acids is 1. The lowest BCUT2D eigenvalue weighted by Gasteiger charge is -2.28. The fourth-order valence-electron chi connectivity index (χ4n) is 2.92. The standard InChI is InChI=1S/C19H20N6OS/c26-17-12-25(9-8-21-17)16-4-2-14(3-5-16)10-20-11-15-13-27-19(24-15)18-22-6-1-7-23-18/h1-7,13,20H,8-12H2,(H,21,26). The van der Waals surface area contributed by atoms with Crippen LogP contribution in [0.15, 0.2) is 48.1 Å². The predicted octanol–water partition coefficient (Wildman–Crippen LogP) is 1.83. The molecule has 27 heavy (non-hydrogen) atoms. The lowest BCUT2D eigenvalue weighted by molar-refractivity contribution is -0.120. The molecule has 1 aliphatic rings. The van der Waals surface area contributed by atoms with E-state index in [-0.39, 0.29) is 5.91 Å². The summed E-state index contributed by atoms with van der Waals surface area (Å²) in [5, 5.41) is 9.13. The second kappa shape index (κ2) is 8.24. The van der Waals surface area contributed by atoms with E-state index in [1.165, 1.54) is 5.56 Å². The molecule has 7 nitrogen and oxygen atoms in total. The van der Waals surface area contributed by atoms with Crippen LogP contribution in [0.3, 0.4) is 0 Å². The average Bonchev–Trinajstić information content (AvgIpc) is 3.18. The summed E-state index contributed by atoms with van der Waals surface area (Å²) in [5.41, 5.74) is 3.26. The van der Waals surface area contributed by atoms with Crippen molar-refractivity contribution in [2.75, 3.05) is 24.5 Å². The van der Waals surface area contributed by atoms with E-state index in [9.17, 15) is 4.79 Å². The summed E-state index contributed by atoms with van der Waals surface area (Å²) in [4.78, 5) is 26.6. The van der Waals surface area contributed by atoms with Crippen LogP contribution in [-0.4, -0.2) is 40.5 Å². The maximum Gasteiger partial charge on any atom is 0.239 e. The molecule has 0 aliphatic carbocycles. The molecule has 4 rings (SSSR count). The number of rotatable bonds is 6. The van der Waals surface area contributed by atoms with Crippen LogP contribution in [0.5, 0.6) is 0 Å². The number of thiazole rings is 1. The molecule has 2 N–H and O–H groups in total. The lowest BCUT2D eigenvalue weighted by atomic mass is 10.2. The van der Waals surface area contributed by atoms with Crippen molar-refractivity contribution >= 4 is 22.9 Å². The molecule has 0 saturated carbocycles. The zero-order valence-electron chi connectivity index (χ0n) is 14.8. The van der Waals surface area contributed by atoms with Gasteiger partial charge in [0.25, 0.3) is 0 Å². The van der Waals surface area contributed by atoms with E-state index in [1.54, 1.807) is 29.8 Å². The minimum Gasteiger partial charge on any atom is -0.360 e. The van der Waals surface area contributed by atoms with Gasteiger partial charge in [-0.1, -0.05) is 12.1 Å². The molecule has 8 heteroatoms. The number of nitrogens with zero attached hydrogens (tertiary/aromatic N) is 4. The highest BCUT2D eigenvalue weighted by molar-refractivity contribution is 7.13. The highest BCUT2D eigenvalue weighted by atomic mass is 32.1.